The van der Waals surface area contributed by atoms with Gasteiger partial charge in [0.1, 0.15) is 11.5 Å². The van der Waals surface area contributed by atoms with Gasteiger partial charge in [0.15, 0.2) is 17.2 Å². The molecule has 0 radical (unpaired) electrons. The summed E-state index contributed by atoms with van der Waals surface area (Å²) in [5.41, 5.74) is 7.01. The van der Waals surface area contributed by atoms with E-state index in [1.54, 1.807) is 31.2 Å². The summed E-state index contributed by atoms with van der Waals surface area (Å²) in [6.45, 7) is 15.0. The first kappa shape index (κ1) is 50.3. The molecule has 0 spiro atoms. The fraction of sp³-hybridized carbons (Fsp3) is 0.441. The Morgan fingerprint density at radius 3 is 1.81 bits per heavy atom. The topological polar surface area (TPSA) is 107 Å². The van der Waals surface area contributed by atoms with Crippen LogP contribution < -0.4 is 4.90 Å². The molecule has 3 fully saturated rings. The molecule has 9 atom stereocenters. The van der Waals surface area contributed by atoms with Crippen molar-refractivity contribution in [3.8, 4) is 11.5 Å². The number of phenols is 2. The van der Waals surface area contributed by atoms with E-state index in [0.717, 1.165) is 61.8 Å². The molecule has 0 saturated heterocycles. The number of hydrogen-bond donors (Lipinski definition) is 2. The number of halogens is 1. The molecule has 0 bridgehead atoms. The van der Waals surface area contributed by atoms with E-state index in [-0.39, 0.29) is 57.6 Å². The lowest BCUT2D eigenvalue weighted by molar-refractivity contribution is -0.185. The summed E-state index contributed by atoms with van der Waals surface area (Å²) in [6.07, 6.45) is 10.0. The van der Waals surface area contributed by atoms with Gasteiger partial charge in [0.2, 0.25) is 0 Å². The first-order valence-corrected chi connectivity index (χ1v) is 26.0. The van der Waals surface area contributed by atoms with E-state index >= 15 is 0 Å². The number of ether oxygens (including phenoxy) is 1. The van der Waals surface area contributed by atoms with E-state index in [1.807, 2.05) is 42.1 Å². The normalized spacial score (nSPS) is 28.7. The highest BCUT2D eigenvalue weighted by molar-refractivity contribution is 7.99. The van der Waals surface area contributed by atoms with E-state index in [9.17, 15) is 24.6 Å². The van der Waals surface area contributed by atoms with E-state index in [1.165, 1.54) is 39.2 Å². The maximum atomic E-state index is 12.8. The SMILES string of the molecule is CC(=O)O[C@]1(C(C)=O)CC[C@H]2[C@@H]3C=C(Cl)C4=CC(=O)[C@@H]5C[C@@H]5[C@]4(C)[C@H]3CC[C@@]21C.CC(CN1c2ccccc2Sc2ccccc21)N(C)C.CC/C(=C(/CC)c1ccc(O)cc1)c1ccc(O)cc1. The Kier molecular flexibility index (Phi) is 14.6. The molecule has 0 aromatic heterocycles. The Balaban J connectivity index is 0.000000144. The highest BCUT2D eigenvalue weighted by atomic mass is 35.5. The molecule has 1 unspecified atom stereocenters. The number of allylic oxidation sites excluding steroid dienone is 6. The van der Waals surface area contributed by atoms with E-state index < -0.39 is 5.60 Å². The van der Waals surface area contributed by atoms with Crippen molar-refractivity contribution < 1.29 is 29.3 Å². The van der Waals surface area contributed by atoms with Gasteiger partial charge in [-0.25, -0.2) is 0 Å². The zero-order chi connectivity index (χ0) is 49.6. The van der Waals surface area contributed by atoms with Gasteiger partial charge >= 0.3 is 5.97 Å². The minimum Gasteiger partial charge on any atom is -0.508 e. The number of benzene rings is 4. The van der Waals surface area contributed by atoms with Crippen molar-refractivity contribution in [3.05, 3.63) is 131 Å². The summed E-state index contributed by atoms with van der Waals surface area (Å²) in [5.74, 6) is 1.84. The lowest BCUT2D eigenvalue weighted by Gasteiger charge is -2.57. The maximum Gasteiger partial charge on any atom is 0.303 e. The van der Waals surface area contributed by atoms with Gasteiger partial charge in [-0.3, -0.25) is 14.4 Å². The van der Waals surface area contributed by atoms with Crippen LogP contribution in [0.3, 0.4) is 0 Å². The molecule has 8 nitrogen and oxygen atoms in total. The number of anilines is 2. The summed E-state index contributed by atoms with van der Waals surface area (Å²) >= 11 is 8.66. The van der Waals surface area contributed by atoms with Gasteiger partial charge < -0.3 is 24.7 Å². The third-order valence-corrected chi connectivity index (χ3v) is 18.3. The molecule has 2 N–H and O–H groups in total. The number of fused-ring (bicyclic) bond motifs is 9. The van der Waals surface area contributed by atoms with Crippen LogP contribution in [0.5, 0.6) is 11.5 Å². The molecule has 0 amide bonds. The first-order valence-electron chi connectivity index (χ1n) is 24.8. The van der Waals surface area contributed by atoms with Gasteiger partial charge in [-0.05, 0) is 179 Å². The van der Waals surface area contributed by atoms with Crippen molar-refractivity contribution in [2.45, 2.75) is 115 Å². The van der Waals surface area contributed by atoms with Crippen molar-refractivity contribution >= 4 is 63.4 Å². The van der Waals surface area contributed by atoms with E-state index in [0.29, 0.717) is 29.3 Å². The molecular weight excluding hydrogens is 900 g/mol. The fourth-order valence-electron chi connectivity index (χ4n) is 12.9. The Morgan fingerprint density at radius 2 is 1.32 bits per heavy atom. The highest BCUT2D eigenvalue weighted by Crippen LogP contribution is 2.72. The number of nitrogens with zero attached hydrogens (tertiary/aromatic N) is 2. The summed E-state index contributed by atoms with van der Waals surface area (Å²) in [4.78, 5) is 44.5. The Hall–Kier alpha value is -5.09. The van der Waals surface area contributed by atoms with Crippen LogP contribution in [-0.4, -0.2) is 64.9 Å². The van der Waals surface area contributed by atoms with Crippen LogP contribution in [-0.2, 0) is 19.1 Å². The number of aromatic hydroxyl groups is 2. The molecule has 3 saturated carbocycles. The van der Waals surface area contributed by atoms with Crippen molar-refractivity contribution in [1.82, 2.24) is 4.90 Å². The molecule has 1 aliphatic heterocycles. The minimum atomic E-state index is -1.03. The molecule has 1 heterocycles. The maximum absolute atomic E-state index is 12.8. The van der Waals surface area contributed by atoms with Crippen LogP contribution in [0.4, 0.5) is 11.4 Å². The average Bonchev–Trinajstić information content (AvgIpc) is 4.10. The average molecular weight is 970 g/mol. The fourth-order valence-corrected chi connectivity index (χ4v) is 14.4. The van der Waals surface area contributed by atoms with Crippen molar-refractivity contribution in [1.29, 1.82) is 0 Å². The van der Waals surface area contributed by atoms with Gasteiger partial charge in [0, 0.05) is 51.1 Å². The quantitative estimate of drug-likeness (QED) is 0.125. The number of phenolic OH excluding ortho intramolecular Hbond substituents is 2. The smallest absolute Gasteiger partial charge is 0.303 e. The van der Waals surface area contributed by atoms with Crippen LogP contribution in [0.15, 0.2) is 130 Å². The third kappa shape index (κ3) is 9.24. The molecule has 69 heavy (non-hydrogen) atoms. The minimum absolute atomic E-state index is 0.0423. The predicted octanol–water partition coefficient (Wildman–Crippen LogP) is 13.7. The van der Waals surface area contributed by atoms with Crippen molar-refractivity contribution in [2.75, 3.05) is 25.5 Å². The van der Waals surface area contributed by atoms with Gasteiger partial charge in [-0.2, -0.15) is 0 Å². The van der Waals surface area contributed by atoms with E-state index in [4.69, 9.17) is 16.3 Å². The van der Waals surface area contributed by atoms with Crippen LogP contribution in [0.1, 0.15) is 105 Å². The second-order valence-electron chi connectivity index (χ2n) is 20.7. The standard InChI is InChI=1S/C24H29ClO4.C18H20O2.C17H20N2S/c1-12(26)24(29-13(2)27)8-6-16-14-10-20(25)19-11-21(28)15-9-18(15)23(19,4)17(14)5-7-22(16,24)3;1-3-17(13-5-9-15(19)10-6-13)18(4-2)14-7-11-16(20)12-8-14;1-13(18(2)3)12-19-14-8-4-6-10-16(14)20-17-11-7-5-9-15(17)19/h10-11,14-18H,5-9H2,1-4H3;5-12,19-20H,3-4H2,1-2H3;4-11,13H,12H2,1-3H3/b;18-17+;/t14-,15+,16-,17-,18-,22-,23-,24-;;/m0../s1. The van der Waals surface area contributed by atoms with Gasteiger partial charge in [0.05, 0.1) is 11.4 Å². The zero-order valence-corrected chi connectivity index (χ0v) is 43.3. The second kappa shape index (κ2) is 20.0. The Bertz CT molecular complexity index is 2590. The van der Waals surface area contributed by atoms with Gasteiger partial charge in [-0.15, -0.1) is 0 Å². The number of carbonyl (C=O) groups excluding carboxylic acids is 3. The second-order valence-corrected chi connectivity index (χ2v) is 22.2. The Morgan fingerprint density at radius 1 is 0.797 bits per heavy atom. The van der Waals surface area contributed by atoms with Gasteiger partial charge in [-0.1, -0.05) is 106 Å². The molecule has 10 rings (SSSR count). The number of esters is 1. The molecule has 4 aromatic carbocycles. The van der Waals surface area contributed by atoms with Crippen LogP contribution in [0.2, 0.25) is 0 Å². The highest BCUT2D eigenvalue weighted by Gasteiger charge is 2.70. The number of rotatable bonds is 9. The summed E-state index contributed by atoms with van der Waals surface area (Å²) < 4.78 is 5.82. The number of carbonyl (C=O) groups is 3. The predicted molar refractivity (Wildman–Crippen MR) is 280 cm³/mol. The third-order valence-electron chi connectivity index (χ3n) is 16.9. The summed E-state index contributed by atoms with van der Waals surface area (Å²) in [6, 6.07) is 32.5. The molecule has 10 heteroatoms. The number of ketones is 2. The molecule has 364 valence electrons. The van der Waals surface area contributed by atoms with Gasteiger partial charge in [0.25, 0.3) is 0 Å². The lowest BCUT2D eigenvalue weighted by Crippen LogP contribution is -2.58. The largest absolute Gasteiger partial charge is 0.508 e. The monoisotopic (exact) mass is 968 g/mol. The van der Waals surface area contributed by atoms with Crippen LogP contribution in [0, 0.1) is 40.4 Å². The zero-order valence-electron chi connectivity index (χ0n) is 41.7. The number of hydrogen-bond acceptors (Lipinski definition) is 9. The lowest BCUT2D eigenvalue weighted by atomic mass is 9.47. The summed E-state index contributed by atoms with van der Waals surface area (Å²) in [7, 11) is 4.28. The number of Topliss-reactive ketones (excluding diaryl/α,β-unsaturated/α-hetero) is 1. The molecule has 4 aromatic rings. The van der Waals surface area contributed by atoms with Crippen molar-refractivity contribution in [3.63, 3.8) is 0 Å². The number of para-hydroxylation sites is 2. The van der Waals surface area contributed by atoms with E-state index in [2.05, 4.69) is 113 Å². The summed E-state index contributed by atoms with van der Waals surface area (Å²) in [5, 5.41) is 19.5. The first-order chi connectivity index (χ1) is 32.9. The number of likely N-dealkylation sites (N-methyl/N-ethyl adjacent to an activating group) is 1. The van der Waals surface area contributed by atoms with Crippen LogP contribution >= 0.6 is 23.4 Å². The molecule has 6 aliphatic rings. The molecular formula is C59H69ClN2O6S. The van der Waals surface area contributed by atoms with Crippen molar-refractivity contribution in [2.24, 2.45) is 40.4 Å². The Labute approximate surface area is 418 Å². The molecule has 5 aliphatic carbocycles. The van der Waals surface area contributed by atoms with Crippen LogP contribution in [0.25, 0.3) is 11.1 Å².